The molecule has 1 atom stereocenters. The molecular formula is C25H31N5O3. The summed E-state index contributed by atoms with van der Waals surface area (Å²) in [5.41, 5.74) is 0.0194. The van der Waals surface area contributed by atoms with Gasteiger partial charge < -0.3 is 19.4 Å². The Kier molecular flexibility index (Phi) is 5.46. The molecule has 0 radical (unpaired) electrons. The molecule has 0 bridgehead atoms. The average molecular weight is 450 g/mol. The number of carbonyl (C=O) groups is 2. The minimum Gasteiger partial charge on any atom is -0.497 e. The van der Waals surface area contributed by atoms with Crippen LogP contribution in [-0.2, 0) is 4.79 Å². The number of benzene rings is 1. The molecule has 33 heavy (non-hydrogen) atoms. The van der Waals surface area contributed by atoms with Gasteiger partial charge in [-0.25, -0.2) is 9.97 Å². The number of methoxy groups -OCH3 is 1. The Hall–Kier alpha value is -3.16. The van der Waals surface area contributed by atoms with Crippen molar-refractivity contribution in [1.29, 1.82) is 0 Å². The van der Waals surface area contributed by atoms with Crippen LogP contribution in [0, 0.1) is 10.8 Å². The van der Waals surface area contributed by atoms with Crippen molar-refractivity contribution in [2.45, 2.75) is 26.2 Å². The van der Waals surface area contributed by atoms with E-state index in [4.69, 9.17) is 4.74 Å². The number of hydrogen-bond donors (Lipinski definition) is 0. The fraction of sp³-hybridized carbons (Fsp3) is 0.520. The van der Waals surface area contributed by atoms with E-state index in [0.29, 0.717) is 36.9 Å². The Morgan fingerprint density at radius 3 is 2.48 bits per heavy atom. The molecule has 0 aliphatic carbocycles. The van der Waals surface area contributed by atoms with Crippen LogP contribution in [0.15, 0.2) is 42.7 Å². The van der Waals surface area contributed by atoms with Gasteiger partial charge in [-0.1, -0.05) is 6.07 Å². The first kappa shape index (κ1) is 21.7. The lowest BCUT2D eigenvalue weighted by Gasteiger charge is -2.46. The smallest absolute Gasteiger partial charge is 0.253 e. The fourth-order valence-corrected chi connectivity index (χ4v) is 6.15. The van der Waals surface area contributed by atoms with E-state index in [1.807, 2.05) is 41.0 Å². The molecule has 3 fully saturated rings. The van der Waals surface area contributed by atoms with Crippen molar-refractivity contribution in [2.75, 3.05) is 51.3 Å². The topological polar surface area (TPSA) is 78.9 Å². The number of carbonyl (C=O) groups excluding carboxylic acids is 2. The number of nitrogens with zero attached hydrogens (tertiary/aromatic N) is 5. The first-order valence-electron chi connectivity index (χ1n) is 11.8. The molecule has 1 unspecified atom stereocenters. The van der Waals surface area contributed by atoms with Crippen LogP contribution in [0.4, 0.5) is 5.95 Å². The van der Waals surface area contributed by atoms with E-state index < -0.39 is 5.41 Å². The molecule has 2 spiro atoms. The largest absolute Gasteiger partial charge is 0.497 e. The van der Waals surface area contributed by atoms with Gasteiger partial charge in [0.25, 0.3) is 5.91 Å². The number of likely N-dealkylation sites (tertiary alicyclic amines) is 2. The number of piperidine rings is 1. The van der Waals surface area contributed by atoms with Gasteiger partial charge >= 0.3 is 0 Å². The summed E-state index contributed by atoms with van der Waals surface area (Å²) in [6.45, 7) is 6.26. The molecule has 2 aromatic rings. The lowest BCUT2D eigenvalue weighted by atomic mass is 9.60. The Labute approximate surface area is 194 Å². The van der Waals surface area contributed by atoms with Gasteiger partial charge in [0.1, 0.15) is 5.75 Å². The monoisotopic (exact) mass is 449 g/mol. The van der Waals surface area contributed by atoms with Crippen LogP contribution < -0.4 is 9.64 Å². The standard InChI is InChI=1S/C25H31N5O3/c1-3-28-15-10-25(22(28)32)18-30(23-26-11-5-12-27-23)17-24(25)8-13-29(14-9-24)21(31)19-6-4-7-20(16-19)33-2/h4-7,11-12,16H,3,8-10,13-15,17-18H2,1-2H3. The van der Waals surface area contributed by atoms with Crippen molar-refractivity contribution in [1.82, 2.24) is 19.8 Å². The van der Waals surface area contributed by atoms with Crippen molar-refractivity contribution in [3.05, 3.63) is 48.3 Å². The minimum absolute atomic E-state index is 0.0204. The number of ether oxygens (including phenoxy) is 1. The lowest BCUT2D eigenvalue weighted by molar-refractivity contribution is -0.141. The van der Waals surface area contributed by atoms with Gasteiger partial charge in [-0.05, 0) is 50.5 Å². The molecule has 4 heterocycles. The second-order valence-corrected chi connectivity index (χ2v) is 9.43. The molecule has 0 N–H and O–H groups in total. The third-order valence-electron chi connectivity index (χ3n) is 8.02. The van der Waals surface area contributed by atoms with Crippen LogP contribution >= 0.6 is 0 Å². The molecule has 8 heteroatoms. The lowest BCUT2D eigenvalue weighted by Crippen LogP contribution is -2.53. The number of aromatic nitrogens is 2. The van der Waals surface area contributed by atoms with Crippen LogP contribution in [0.3, 0.4) is 0 Å². The van der Waals surface area contributed by atoms with E-state index in [9.17, 15) is 9.59 Å². The highest BCUT2D eigenvalue weighted by Gasteiger charge is 2.65. The zero-order chi connectivity index (χ0) is 23.1. The highest BCUT2D eigenvalue weighted by molar-refractivity contribution is 5.94. The summed E-state index contributed by atoms with van der Waals surface area (Å²) in [5, 5.41) is 0. The Morgan fingerprint density at radius 1 is 1.06 bits per heavy atom. The second-order valence-electron chi connectivity index (χ2n) is 9.43. The maximum Gasteiger partial charge on any atom is 0.253 e. The molecule has 3 aliphatic heterocycles. The van der Waals surface area contributed by atoms with Gasteiger partial charge in [-0.15, -0.1) is 0 Å². The molecule has 3 aliphatic rings. The molecular weight excluding hydrogens is 418 g/mol. The fourth-order valence-electron chi connectivity index (χ4n) is 6.15. The van der Waals surface area contributed by atoms with Crippen LogP contribution in [0.25, 0.3) is 0 Å². The first-order chi connectivity index (χ1) is 16.0. The van der Waals surface area contributed by atoms with Crippen molar-refractivity contribution < 1.29 is 14.3 Å². The van der Waals surface area contributed by atoms with Crippen LogP contribution in [0.2, 0.25) is 0 Å². The summed E-state index contributed by atoms with van der Waals surface area (Å²) in [4.78, 5) is 41.9. The van der Waals surface area contributed by atoms with Crippen LogP contribution in [0.5, 0.6) is 5.75 Å². The quantitative estimate of drug-likeness (QED) is 0.714. The highest BCUT2D eigenvalue weighted by Crippen LogP contribution is 2.58. The first-order valence-corrected chi connectivity index (χ1v) is 11.8. The normalized spacial score (nSPS) is 24.2. The maximum atomic E-state index is 13.7. The molecule has 1 aromatic heterocycles. The Bertz CT molecular complexity index is 1040. The van der Waals surface area contributed by atoms with Crippen LogP contribution in [-0.4, -0.2) is 78.0 Å². The van der Waals surface area contributed by atoms with E-state index in [1.165, 1.54) is 0 Å². The summed E-state index contributed by atoms with van der Waals surface area (Å²) in [7, 11) is 1.61. The second kappa shape index (κ2) is 8.32. The van der Waals surface area contributed by atoms with Gasteiger partial charge in [0.15, 0.2) is 0 Å². The predicted molar refractivity (Wildman–Crippen MR) is 124 cm³/mol. The van der Waals surface area contributed by atoms with Crippen molar-refractivity contribution in [3.63, 3.8) is 0 Å². The van der Waals surface area contributed by atoms with E-state index in [-0.39, 0.29) is 17.2 Å². The number of hydrogen-bond acceptors (Lipinski definition) is 6. The highest BCUT2D eigenvalue weighted by atomic mass is 16.5. The SMILES string of the molecule is CCN1CCC2(CN(c3ncccn3)CC23CCN(C(=O)c2cccc(OC)c2)CC3)C1=O. The van der Waals surface area contributed by atoms with E-state index in [0.717, 1.165) is 38.9 Å². The van der Waals surface area contributed by atoms with Crippen LogP contribution in [0.1, 0.15) is 36.5 Å². The molecule has 174 valence electrons. The predicted octanol–water partition coefficient (Wildman–Crippen LogP) is 2.47. The van der Waals surface area contributed by atoms with Gasteiger partial charge in [0, 0.05) is 62.6 Å². The van der Waals surface area contributed by atoms with E-state index >= 15 is 0 Å². The Morgan fingerprint density at radius 2 is 1.82 bits per heavy atom. The number of amides is 2. The molecule has 3 saturated heterocycles. The summed E-state index contributed by atoms with van der Waals surface area (Å²) in [6.07, 6.45) is 5.96. The third-order valence-corrected chi connectivity index (χ3v) is 8.02. The molecule has 5 rings (SSSR count). The number of rotatable bonds is 4. The molecule has 0 saturated carbocycles. The Balaban J connectivity index is 1.40. The molecule has 8 nitrogen and oxygen atoms in total. The molecule has 2 amide bonds. The van der Waals surface area contributed by atoms with E-state index in [2.05, 4.69) is 14.9 Å². The minimum atomic E-state index is -0.437. The summed E-state index contributed by atoms with van der Waals surface area (Å²) in [5.74, 6) is 1.65. The average Bonchev–Trinajstić information content (AvgIpc) is 3.37. The zero-order valence-corrected chi connectivity index (χ0v) is 19.4. The number of anilines is 1. The van der Waals surface area contributed by atoms with Crippen molar-refractivity contribution in [3.8, 4) is 5.75 Å². The summed E-state index contributed by atoms with van der Waals surface area (Å²) >= 11 is 0. The summed E-state index contributed by atoms with van der Waals surface area (Å²) in [6, 6.07) is 9.12. The van der Waals surface area contributed by atoms with Crippen molar-refractivity contribution >= 4 is 17.8 Å². The number of fused-ring (bicyclic) bond motifs is 1. The third kappa shape index (κ3) is 3.43. The van der Waals surface area contributed by atoms with Gasteiger partial charge in [-0.2, -0.15) is 0 Å². The van der Waals surface area contributed by atoms with Gasteiger partial charge in [0.05, 0.1) is 12.5 Å². The van der Waals surface area contributed by atoms with Crippen molar-refractivity contribution in [2.24, 2.45) is 10.8 Å². The van der Waals surface area contributed by atoms with Gasteiger partial charge in [-0.3, -0.25) is 9.59 Å². The molecule has 1 aromatic carbocycles. The zero-order valence-electron chi connectivity index (χ0n) is 19.4. The summed E-state index contributed by atoms with van der Waals surface area (Å²) < 4.78 is 5.29. The van der Waals surface area contributed by atoms with E-state index in [1.54, 1.807) is 25.6 Å². The van der Waals surface area contributed by atoms with Gasteiger partial charge in [0.2, 0.25) is 11.9 Å². The maximum absolute atomic E-state index is 13.7.